The zero-order valence-corrected chi connectivity index (χ0v) is 17.3. The molecule has 3 atom stereocenters. The van der Waals surface area contributed by atoms with E-state index >= 15 is 0 Å². The molecule has 1 unspecified atom stereocenters. The first-order chi connectivity index (χ1) is 14.3. The van der Waals surface area contributed by atoms with Crippen molar-refractivity contribution in [2.24, 2.45) is 0 Å². The molecular formula is C20H23N3O6S. The van der Waals surface area contributed by atoms with Gasteiger partial charge in [0.05, 0.1) is 11.7 Å². The number of carboxylic acid groups (broad SMARTS) is 1. The first kappa shape index (κ1) is 21.8. The highest BCUT2D eigenvalue weighted by molar-refractivity contribution is 8.14. The number of nitrogens with one attached hydrogen (secondary N) is 1. The molecule has 2 aliphatic rings. The van der Waals surface area contributed by atoms with Crippen LogP contribution >= 0.6 is 11.8 Å². The van der Waals surface area contributed by atoms with E-state index in [4.69, 9.17) is 0 Å². The molecule has 0 saturated carbocycles. The Labute approximate surface area is 177 Å². The smallest absolute Gasteiger partial charge is 0.328 e. The van der Waals surface area contributed by atoms with Gasteiger partial charge in [-0.15, -0.1) is 0 Å². The summed E-state index contributed by atoms with van der Waals surface area (Å²) < 4.78 is 0. The van der Waals surface area contributed by atoms with Crippen molar-refractivity contribution in [3.05, 3.63) is 35.9 Å². The van der Waals surface area contributed by atoms with Gasteiger partial charge < -0.3 is 10.4 Å². The van der Waals surface area contributed by atoms with Crippen molar-refractivity contribution in [3.63, 3.8) is 0 Å². The first-order valence-corrected chi connectivity index (χ1v) is 10.5. The van der Waals surface area contributed by atoms with Crippen molar-refractivity contribution in [2.45, 2.75) is 49.9 Å². The number of nitrogens with zero attached hydrogens (tertiary/aromatic N) is 2. The highest BCUT2D eigenvalue weighted by Crippen LogP contribution is 2.26. The predicted octanol–water partition coefficient (Wildman–Crippen LogP) is 0.585. The molecule has 2 aliphatic heterocycles. The molecule has 0 radical (unpaired) electrons. The number of aliphatic carboxylic acids is 1. The molecular weight excluding hydrogens is 410 g/mol. The average Bonchev–Trinajstić information content (AvgIpc) is 2.71. The van der Waals surface area contributed by atoms with E-state index in [2.05, 4.69) is 5.32 Å². The van der Waals surface area contributed by atoms with Gasteiger partial charge in [0.15, 0.2) is 11.2 Å². The van der Waals surface area contributed by atoms with Gasteiger partial charge in [-0.25, -0.2) is 9.80 Å². The summed E-state index contributed by atoms with van der Waals surface area (Å²) in [5, 5.41) is 13.1. The zero-order valence-electron chi connectivity index (χ0n) is 16.4. The van der Waals surface area contributed by atoms with Gasteiger partial charge in [-0.1, -0.05) is 42.1 Å². The number of fused-ring (bicyclic) bond motifs is 1. The number of carboxylic acids is 1. The molecule has 0 bridgehead atoms. The molecule has 2 N–H and O–H groups in total. The molecule has 0 aliphatic carbocycles. The molecule has 1 aromatic carbocycles. The number of carbonyl (C=O) groups is 5. The number of hydrazine groups is 1. The van der Waals surface area contributed by atoms with E-state index in [1.165, 1.54) is 11.9 Å². The molecule has 2 fully saturated rings. The van der Waals surface area contributed by atoms with Crippen molar-refractivity contribution in [1.82, 2.24) is 15.3 Å². The molecule has 160 valence electrons. The van der Waals surface area contributed by atoms with E-state index in [1.807, 2.05) is 30.3 Å². The van der Waals surface area contributed by atoms with Crippen LogP contribution in [0.3, 0.4) is 0 Å². The molecule has 1 aromatic rings. The Morgan fingerprint density at radius 2 is 1.93 bits per heavy atom. The number of thioether (sulfide) groups is 1. The van der Waals surface area contributed by atoms with Crippen molar-refractivity contribution >= 4 is 40.6 Å². The second-order valence-corrected chi connectivity index (χ2v) is 8.63. The lowest BCUT2D eigenvalue weighted by atomic mass is 10.0. The fraction of sp³-hybridized carbons (Fsp3) is 0.450. The average molecular weight is 433 g/mol. The van der Waals surface area contributed by atoms with E-state index in [-0.39, 0.29) is 30.9 Å². The standard InChI is InChI=1S/C20H23N3O6S/c1-12(24)30-16(10-13-6-3-2-4-7-13)18(26)21-14-11-17(25)22-9-5-8-15(20(28)29)23(22)19(14)27/h2-4,6-7,14-16H,5,8-11H2,1H3,(H,21,26)(H,28,29)/t14?,15-,16-/m0/s1. The SMILES string of the molecule is CC(=O)S[C@@H](Cc1ccccc1)C(=O)NC1CC(=O)N2CCC[C@@H](C(=O)O)N2C1=O. The first-order valence-electron chi connectivity index (χ1n) is 9.65. The summed E-state index contributed by atoms with van der Waals surface area (Å²) in [6.45, 7) is 1.63. The zero-order chi connectivity index (χ0) is 21.8. The summed E-state index contributed by atoms with van der Waals surface area (Å²) in [6.07, 6.45) is 0.760. The maximum atomic E-state index is 12.9. The highest BCUT2D eigenvalue weighted by Gasteiger charge is 2.47. The predicted molar refractivity (Wildman–Crippen MR) is 108 cm³/mol. The molecule has 2 saturated heterocycles. The quantitative estimate of drug-likeness (QED) is 0.673. The van der Waals surface area contributed by atoms with Gasteiger partial charge in [-0.2, -0.15) is 0 Å². The third-order valence-corrected chi connectivity index (χ3v) is 6.06. The second-order valence-electron chi connectivity index (χ2n) is 7.25. The Morgan fingerprint density at radius 1 is 1.23 bits per heavy atom. The highest BCUT2D eigenvalue weighted by atomic mass is 32.2. The summed E-state index contributed by atoms with van der Waals surface area (Å²) in [4.78, 5) is 61.5. The van der Waals surface area contributed by atoms with Crippen LogP contribution in [0.4, 0.5) is 0 Å². The van der Waals surface area contributed by atoms with Gasteiger partial charge in [0.1, 0.15) is 6.04 Å². The Balaban J connectivity index is 1.76. The van der Waals surface area contributed by atoms with E-state index in [9.17, 15) is 29.1 Å². The van der Waals surface area contributed by atoms with Crippen molar-refractivity contribution in [3.8, 4) is 0 Å². The minimum atomic E-state index is -1.19. The van der Waals surface area contributed by atoms with E-state index in [0.29, 0.717) is 6.42 Å². The third kappa shape index (κ3) is 4.81. The normalized spacial score (nSPS) is 22.3. The van der Waals surface area contributed by atoms with Crippen LogP contribution in [0.1, 0.15) is 31.7 Å². The van der Waals surface area contributed by atoms with Crippen LogP contribution < -0.4 is 5.32 Å². The Kier molecular flexibility index (Phi) is 6.76. The van der Waals surface area contributed by atoms with Gasteiger partial charge in [0, 0.05) is 13.5 Å². The molecule has 3 rings (SSSR count). The molecule has 9 nitrogen and oxygen atoms in total. The van der Waals surface area contributed by atoms with Crippen LogP contribution in [0.25, 0.3) is 0 Å². The van der Waals surface area contributed by atoms with Crippen LogP contribution in [0.5, 0.6) is 0 Å². The van der Waals surface area contributed by atoms with Gasteiger partial charge in [-0.3, -0.25) is 24.2 Å². The second kappa shape index (κ2) is 9.29. The van der Waals surface area contributed by atoms with Gasteiger partial charge in [0.2, 0.25) is 11.8 Å². The van der Waals surface area contributed by atoms with Gasteiger partial charge in [-0.05, 0) is 24.8 Å². The molecule has 30 heavy (non-hydrogen) atoms. The van der Waals surface area contributed by atoms with Crippen LogP contribution in [0, 0.1) is 0 Å². The largest absolute Gasteiger partial charge is 0.480 e. The summed E-state index contributed by atoms with van der Waals surface area (Å²) in [5.74, 6) is -2.77. The molecule has 3 amide bonds. The number of benzene rings is 1. The molecule has 0 aromatic heterocycles. The fourth-order valence-corrected chi connectivity index (χ4v) is 4.55. The number of hydrogen-bond donors (Lipinski definition) is 2. The Morgan fingerprint density at radius 3 is 2.57 bits per heavy atom. The minimum Gasteiger partial charge on any atom is -0.480 e. The van der Waals surface area contributed by atoms with Crippen LogP contribution in [-0.2, 0) is 30.4 Å². The van der Waals surface area contributed by atoms with Crippen LogP contribution in [-0.4, -0.2) is 67.8 Å². The molecule has 0 spiro atoms. The van der Waals surface area contributed by atoms with E-state index in [0.717, 1.165) is 22.3 Å². The summed E-state index contributed by atoms with van der Waals surface area (Å²) in [5.41, 5.74) is 0.852. The minimum absolute atomic E-state index is 0.238. The van der Waals surface area contributed by atoms with Gasteiger partial charge >= 0.3 is 5.97 Å². The van der Waals surface area contributed by atoms with Crippen molar-refractivity contribution < 1.29 is 29.1 Å². The van der Waals surface area contributed by atoms with Gasteiger partial charge in [0.25, 0.3) is 5.91 Å². The van der Waals surface area contributed by atoms with Crippen LogP contribution in [0.2, 0.25) is 0 Å². The third-order valence-electron chi connectivity index (χ3n) is 5.06. The fourth-order valence-electron chi connectivity index (χ4n) is 3.70. The van der Waals surface area contributed by atoms with Crippen molar-refractivity contribution in [1.29, 1.82) is 0 Å². The Hall–Kier alpha value is -2.88. The number of amides is 3. The summed E-state index contributed by atoms with van der Waals surface area (Å²) in [6, 6.07) is 6.85. The van der Waals surface area contributed by atoms with Crippen molar-refractivity contribution in [2.75, 3.05) is 6.54 Å². The van der Waals surface area contributed by atoms with Crippen LogP contribution in [0.15, 0.2) is 30.3 Å². The summed E-state index contributed by atoms with van der Waals surface area (Å²) in [7, 11) is 0. The number of hydrogen-bond acceptors (Lipinski definition) is 6. The van der Waals surface area contributed by atoms with E-state index in [1.54, 1.807) is 0 Å². The molecule has 10 heteroatoms. The lowest BCUT2D eigenvalue weighted by Gasteiger charge is -2.46. The lowest BCUT2D eigenvalue weighted by Crippen LogP contribution is -2.68. The Bertz CT molecular complexity index is 855. The van der Waals surface area contributed by atoms with E-state index < -0.39 is 41.0 Å². The monoisotopic (exact) mass is 433 g/mol. The maximum Gasteiger partial charge on any atom is 0.328 e. The summed E-state index contributed by atoms with van der Waals surface area (Å²) >= 11 is 0.856. The topological polar surface area (TPSA) is 124 Å². The molecule has 2 heterocycles. The number of carbonyl (C=O) groups excluding carboxylic acids is 4. The maximum absolute atomic E-state index is 12.9. The lowest BCUT2D eigenvalue weighted by molar-refractivity contribution is -0.190. The number of rotatable bonds is 6.